The number of aryl methyl sites for hydroxylation is 2. The molecule has 3 aromatic rings. The van der Waals surface area contributed by atoms with Crippen LogP contribution in [0.2, 0.25) is 5.02 Å². The number of aromatic amines is 1. The highest BCUT2D eigenvalue weighted by atomic mass is 35.5. The van der Waals surface area contributed by atoms with Crippen LogP contribution in [0.4, 0.5) is 5.69 Å². The van der Waals surface area contributed by atoms with E-state index >= 15 is 0 Å². The van der Waals surface area contributed by atoms with E-state index in [1.165, 1.54) is 17.8 Å². The van der Waals surface area contributed by atoms with Gasteiger partial charge in [-0.1, -0.05) is 11.6 Å². The third kappa shape index (κ3) is 3.28. The van der Waals surface area contributed by atoms with Crippen LogP contribution in [0.5, 0.6) is 0 Å². The molecule has 4 rings (SSSR count). The number of nitro benzene ring substituents is 1. The summed E-state index contributed by atoms with van der Waals surface area (Å²) < 4.78 is 5.46. The van der Waals surface area contributed by atoms with Gasteiger partial charge in [-0.25, -0.2) is 4.79 Å². The monoisotopic (exact) mass is 384 g/mol. The van der Waals surface area contributed by atoms with Gasteiger partial charge in [0.1, 0.15) is 6.61 Å². The summed E-state index contributed by atoms with van der Waals surface area (Å²) in [6, 6.07) is 9.52. The molecule has 0 bridgehead atoms. The quantitative estimate of drug-likeness (QED) is 0.391. The minimum Gasteiger partial charge on any atom is -0.457 e. The molecule has 0 atom stereocenters. The maximum Gasteiger partial charge on any atom is 0.340 e. The average molecular weight is 385 g/mol. The van der Waals surface area contributed by atoms with Crippen molar-refractivity contribution in [3.63, 3.8) is 0 Å². The minimum absolute atomic E-state index is 0.00293. The van der Waals surface area contributed by atoms with Crippen LogP contribution in [0.3, 0.4) is 0 Å². The van der Waals surface area contributed by atoms with Crippen molar-refractivity contribution in [1.82, 2.24) is 4.98 Å². The standard InChI is InChI=1S/C20H17ClN2O4/c21-15-9-10-17-18(14-3-1-2-4-16(14)22-17)19(15)20(24)27-11-12-5-7-13(8-6-12)23(25)26/h5-10,22H,1-4,11H2. The van der Waals surface area contributed by atoms with Crippen molar-refractivity contribution in [2.45, 2.75) is 32.3 Å². The second kappa shape index (κ2) is 7.04. The largest absolute Gasteiger partial charge is 0.457 e. The molecule has 2 aromatic carbocycles. The number of aromatic nitrogens is 1. The summed E-state index contributed by atoms with van der Waals surface area (Å²) in [6.45, 7) is 0.0240. The lowest BCUT2D eigenvalue weighted by atomic mass is 9.94. The van der Waals surface area contributed by atoms with Crippen LogP contribution < -0.4 is 0 Å². The number of H-pyrrole nitrogens is 1. The van der Waals surface area contributed by atoms with E-state index in [1.807, 2.05) is 6.07 Å². The van der Waals surface area contributed by atoms with Gasteiger partial charge in [0.25, 0.3) is 5.69 Å². The summed E-state index contributed by atoms with van der Waals surface area (Å²) >= 11 is 6.35. The molecule has 6 nitrogen and oxygen atoms in total. The molecule has 1 aliphatic carbocycles. The highest BCUT2D eigenvalue weighted by molar-refractivity contribution is 6.35. The van der Waals surface area contributed by atoms with Gasteiger partial charge in [0.05, 0.1) is 15.5 Å². The predicted octanol–water partition coefficient (Wildman–Crippen LogP) is 4.97. The van der Waals surface area contributed by atoms with Crippen molar-refractivity contribution in [1.29, 1.82) is 0 Å². The summed E-state index contributed by atoms with van der Waals surface area (Å²) in [5, 5.41) is 11.9. The second-order valence-corrected chi connectivity index (χ2v) is 7.04. The molecular weight excluding hydrogens is 368 g/mol. The minimum atomic E-state index is -0.490. The first-order valence-electron chi connectivity index (χ1n) is 8.77. The molecule has 1 heterocycles. The fraction of sp³-hybridized carbons (Fsp3) is 0.250. The zero-order valence-electron chi connectivity index (χ0n) is 14.5. The van der Waals surface area contributed by atoms with Crippen LogP contribution in [0.15, 0.2) is 36.4 Å². The molecule has 0 unspecified atom stereocenters. The van der Waals surface area contributed by atoms with Gasteiger partial charge in [0.2, 0.25) is 0 Å². The number of carbonyl (C=O) groups excluding carboxylic acids is 1. The number of benzene rings is 2. The molecule has 1 aliphatic rings. The van der Waals surface area contributed by atoms with Gasteiger partial charge in [-0.3, -0.25) is 10.1 Å². The molecule has 0 aliphatic heterocycles. The lowest BCUT2D eigenvalue weighted by Gasteiger charge is -2.13. The summed E-state index contributed by atoms with van der Waals surface area (Å²) in [5.74, 6) is -0.490. The molecular formula is C20H17ClN2O4. The number of nitro groups is 1. The Morgan fingerprint density at radius 1 is 1.15 bits per heavy atom. The van der Waals surface area contributed by atoms with Gasteiger partial charge in [-0.2, -0.15) is 0 Å². The van der Waals surface area contributed by atoms with E-state index in [4.69, 9.17) is 16.3 Å². The first-order chi connectivity index (χ1) is 13.0. The van der Waals surface area contributed by atoms with E-state index < -0.39 is 10.9 Å². The number of non-ortho nitro benzene ring substituents is 1. The number of nitrogens with one attached hydrogen (secondary N) is 1. The number of halogens is 1. The summed E-state index contributed by atoms with van der Waals surface area (Å²) in [4.78, 5) is 26.4. The van der Waals surface area contributed by atoms with E-state index in [0.717, 1.165) is 42.1 Å². The lowest BCUT2D eigenvalue weighted by Crippen LogP contribution is -2.08. The maximum atomic E-state index is 12.8. The zero-order chi connectivity index (χ0) is 19.0. The van der Waals surface area contributed by atoms with Crippen molar-refractivity contribution in [2.75, 3.05) is 0 Å². The lowest BCUT2D eigenvalue weighted by molar-refractivity contribution is -0.384. The molecule has 0 spiro atoms. The van der Waals surface area contributed by atoms with Gasteiger partial charge >= 0.3 is 5.97 Å². The number of nitrogens with zero attached hydrogens (tertiary/aromatic N) is 1. The zero-order valence-corrected chi connectivity index (χ0v) is 15.2. The molecule has 1 aromatic heterocycles. The van der Waals surface area contributed by atoms with Crippen LogP contribution in [-0.2, 0) is 24.2 Å². The Morgan fingerprint density at radius 2 is 1.89 bits per heavy atom. The summed E-state index contributed by atoms with van der Waals surface area (Å²) in [7, 11) is 0. The number of fused-ring (bicyclic) bond motifs is 3. The third-order valence-electron chi connectivity index (χ3n) is 4.93. The molecule has 0 fully saturated rings. The number of ether oxygens (including phenoxy) is 1. The summed E-state index contributed by atoms with van der Waals surface area (Å²) in [6.07, 6.45) is 4.11. The van der Waals surface area contributed by atoms with Crippen molar-refractivity contribution < 1.29 is 14.5 Å². The Kier molecular flexibility index (Phi) is 4.58. The molecule has 7 heteroatoms. The normalized spacial score (nSPS) is 13.4. The Morgan fingerprint density at radius 3 is 2.63 bits per heavy atom. The number of hydrogen-bond acceptors (Lipinski definition) is 4. The summed E-state index contributed by atoms with van der Waals surface area (Å²) in [5.41, 5.74) is 4.28. The van der Waals surface area contributed by atoms with Crippen LogP contribution >= 0.6 is 11.6 Å². The maximum absolute atomic E-state index is 12.8. The van der Waals surface area contributed by atoms with Crippen molar-refractivity contribution in [3.8, 4) is 0 Å². The fourth-order valence-electron chi connectivity index (χ4n) is 3.61. The van der Waals surface area contributed by atoms with Gasteiger partial charge in [0.15, 0.2) is 0 Å². The van der Waals surface area contributed by atoms with Gasteiger partial charge < -0.3 is 9.72 Å². The highest BCUT2D eigenvalue weighted by Crippen LogP contribution is 2.35. The van der Waals surface area contributed by atoms with E-state index in [2.05, 4.69) is 4.98 Å². The Bertz CT molecular complexity index is 1040. The smallest absolute Gasteiger partial charge is 0.340 e. The number of rotatable bonds is 4. The van der Waals surface area contributed by atoms with Crippen LogP contribution in [-0.4, -0.2) is 15.9 Å². The van der Waals surface area contributed by atoms with E-state index in [-0.39, 0.29) is 12.3 Å². The van der Waals surface area contributed by atoms with E-state index in [0.29, 0.717) is 16.1 Å². The average Bonchev–Trinajstić information content (AvgIpc) is 3.05. The topological polar surface area (TPSA) is 85.2 Å². The first-order valence-corrected chi connectivity index (χ1v) is 9.15. The molecule has 0 radical (unpaired) electrons. The van der Waals surface area contributed by atoms with Gasteiger partial charge in [-0.05, 0) is 61.1 Å². The highest BCUT2D eigenvalue weighted by Gasteiger charge is 2.23. The van der Waals surface area contributed by atoms with Gasteiger partial charge in [-0.15, -0.1) is 0 Å². The molecule has 0 saturated carbocycles. The molecule has 1 N–H and O–H groups in total. The van der Waals surface area contributed by atoms with Crippen LogP contribution in [0, 0.1) is 10.1 Å². The van der Waals surface area contributed by atoms with E-state index in [9.17, 15) is 14.9 Å². The Labute approximate surface area is 160 Å². The van der Waals surface area contributed by atoms with Crippen molar-refractivity contribution in [3.05, 3.63) is 73.9 Å². The first kappa shape index (κ1) is 17.5. The number of esters is 1. The fourth-order valence-corrected chi connectivity index (χ4v) is 3.85. The van der Waals surface area contributed by atoms with Crippen LogP contribution in [0.1, 0.15) is 40.0 Å². The Hall–Kier alpha value is -2.86. The van der Waals surface area contributed by atoms with Crippen LogP contribution in [0.25, 0.3) is 10.9 Å². The molecule has 27 heavy (non-hydrogen) atoms. The SMILES string of the molecule is O=C(OCc1ccc([N+](=O)[O-])cc1)c1c(Cl)ccc2[nH]c3c(c12)CCCC3. The van der Waals surface area contributed by atoms with Crippen molar-refractivity contribution >= 4 is 34.2 Å². The number of carbonyl (C=O) groups is 1. The molecule has 138 valence electrons. The van der Waals surface area contributed by atoms with E-state index in [1.54, 1.807) is 18.2 Å². The molecule has 0 amide bonds. The molecule has 0 saturated heterocycles. The Balaban J connectivity index is 1.61. The van der Waals surface area contributed by atoms with Crippen molar-refractivity contribution in [2.24, 2.45) is 0 Å². The predicted molar refractivity (Wildman–Crippen MR) is 102 cm³/mol. The second-order valence-electron chi connectivity index (χ2n) is 6.63. The number of hydrogen-bond donors (Lipinski definition) is 1. The third-order valence-corrected chi connectivity index (χ3v) is 5.25. The van der Waals surface area contributed by atoms with Gasteiger partial charge in [0, 0.05) is 28.7 Å².